The Labute approximate surface area is 60.2 Å². The van der Waals surface area contributed by atoms with E-state index in [0.29, 0.717) is 5.57 Å². The Morgan fingerprint density at radius 3 is 2.60 bits per heavy atom. The molecule has 0 aliphatic rings. The molecule has 0 aromatic heterocycles. The minimum atomic E-state index is -0.732. The molecule has 0 amide bonds. The summed E-state index contributed by atoms with van der Waals surface area (Å²) < 4.78 is 4.58. The number of hydrogen-bond donors (Lipinski definition) is 1. The summed E-state index contributed by atoms with van der Waals surface area (Å²) in [6.45, 7) is 8.27. The fourth-order valence-corrected chi connectivity index (χ4v) is 0.272. The molecule has 0 rings (SSSR count). The van der Waals surface area contributed by atoms with Crippen molar-refractivity contribution in [3.63, 3.8) is 0 Å². The van der Waals surface area contributed by atoms with Gasteiger partial charge in [0.25, 0.3) is 0 Å². The maximum Gasteiger partial charge on any atom is 0.334 e. The molecule has 0 fully saturated rings. The number of carbonyl (C=O) groups is 1. The number of ether oxygens (including phenoxy) is 1. The van der Waals surface area contributed by atoms with E-state index >= 15 is 0 Å². The average Bonchev–Trinajstić information content (AvgIpc) is 1.87. The number of rotatable bonds is 3. The van der Waals surface area contributed by atoms with E-state index in [1.165, 1.54) is 6.08 Å². The highest BCUT2D eigenvalue weighted by Crippen LogP contribution is 1.94. The molecule has 10 heavy (non-hydrogen) atoms. The molecule has 0 radical (unpaired) electrons. The zero-order chi connectivity index (χ0) is 8.15. The molecule has 0 saturated heterocycles. The maximum absolute atomic E-state index is 10.7. The van der Waals surface area contributed by atoms with E-state index in [1.807, 2.05) is 0 Å². The minimum Gasteiger partial charge on any atom is -0.440 e. The summed E-state index contributed by atoms with van der Waals surface area (Å²) in [5.41, 5.74) is 5.54. The first kappa shape index (κ1) is 8.91. The van der Waals surface area contributed by atoms with Crippen LogP contribution in [0.2, 0.25) is 0 Å². The van der Waals surface area contributed by atoms with E-state index in [9.17, 15) is 4.79 Å². The largest absolute Gasteiger partial charge is 0.440 e. The molecule has 56 valence electrons. The Morgan fingerprint density at radius 1 is 1.80 bits per heavy atom. The third-order valence-corrected chi connectivity index (χ3v) is 0.824. The van der Waals surface area contributed by atoms with Gasteiger partial charge in [0.05, 0.1) is 0 Å². The van der Waals surface area contributed by atoms with E-state index in [0.717, 1.165) is 0 Å². The van der Waals surface area contributed by atoms with Crippen LogP contribution in [0, 0.1) is 0 Å². The fraction of sp³-hybridized carbons (Fsp3) is 0.286. The summed E-state index contributed by atoms with van der Waals surface area (Å²) in [4.78, 5) is 10.7. The molecule has 1 unspecified atom stereocenters. The lowest BCUT2D eigenvalue weighted by Crippen LogP contribution is -2.24. The van der Waals surface area contributed by atoms with Crippen LogP contribution in [0.1, 0.15) is 6.92 Å². The van der Waals surface area contributed by atoms with Crippen LogP contribution in [-0.4, -0.2) is 12.2 Å². The summed E-state index contributed by atoms with van der Waals surface area (Å²) in [6, 6.07) is 0. The van der Waals surface area contributed by atoms with Crippen LogP contribution in [0.5, 0.6) is 0 Å². The first-order valence-electron chi connectivity index (χ1n) is 2.82. The minimum absolute atomic E-state index is 0.331. The van der Waals surface area contributed by atoms with E-state index in [2.05, 4.69) is 17.9 Å². The van der Waals surface area contributed by atoms with Gasteiger partial charge in [-0.05, 0) is 13.0 Å². The second-order valence-electron chi connectivity index (χ2n) is 1.89. The Balaban J connectivity index is 3.79. The highest BCUT2D eigenvalue weighted by Gasteiger charge is 2.05. The summed E-state index contributed by atoms with van der Waals surface area (Å²) in [5, 5.41) is 0. The van der Waals surface area contributed by atoms with Gasteiger partial charge in [-0.3, -0.25) is 5.73 Å². The highest BCUT2D eigenvalue weighted by molar-refractivity contribution is 5.87. The molecule has 0 spiro atoms. The van der Waals surface area contributed by atoms with Crippen molar-refractivity contribution < 1.29 is 9.53 Å². The zero-order valence-electron chi connectivity index (χ0n) is 5.96. The van der Waals surface area contributed by atoms with Crippen molar-refractivity contribution in [3.05, 3.63) is 24.8 Å². The fourth-order valence-electron chi connectivity index (χ4n) is 0.272. The van der Waals surface area contributed by atoms with Crippen molar-refractivity contribution in [2.75, 3.05) is 0 Å². The standard InChI is InChI=1S/C7H11NO2/c1-4-6(8)10-7(9)5(2)3/h4,6H,1-2,8H2,3H3. The lowest BCUT2D eigenvalue weighted by atomic mass is 10.4. The van der Waals surface area contributed by atoms with Crippen molar-refractivity contribution in [1.82, 2.24) is 0 Å². The van der Waals surface area contributed by atoms with Gasteiger partial charge in [0.1, 0.15) is 0 Å². The second-order valence-corrected chi connectivity index (χ2v) is 1.89. The molecule has 3 heteroatoms. The van der Waals surface area contributed by atoms with Gasteiger partial charge < -0.3 is 4.74 Å². The van der Waals surface area contributed by atoms with Crippen molar-refractivity contribution in [2.45, 2.75) is 13.2 Å². The third kappa shape index (κ3) is 3.04. The molecule has 0 heterocycles. The molecule has 0 aliphatic heterocycles. The van der Waals surface area contributed by atoms with E-state index in [4.69, 9.17) is 5.73 Å². The molecule has 3 nitrogen and oxygen atoms in total. The van der Waals surface area contributed by atoms with Crippen LogP contribution >= 0.6 is 0 Å². The van der Waals surface area contributed by atoms with Crippen molar-refractivity contribution >= 4 is 5.97 Å². The molecule has 0 saturated carbocycles. The van der Waals surface area contributed by atoms with Gasteiger partial charge in [0, 0.05) is 5.57 Å². The van der Waals surface area contributed by atoms with Crippen LogP contribution in [0.15, 0.2) is 24.8 Å². The smallest absolute Gasteiger partial charge is 0.334 e. The van der Waals surface area contributed by atoms with Gasteiger partial charge in [-0.2, -0.15) is 0 Å². The molecule has 1 atom stereocenters. The number of carbonyl (C=O) groups excluding carboxylic acids is 1. The lowest BCUT2D eigenvalue weighted by Gasteiger charge is -2.06. The normalized spacial score (nSPS) is 11.8. The van der Waals surface area contributed by atoms with Crippen LogP contribution in [0.3, 0.4) is 0 Å². The number of hydrogen-bond acceptors (Lipinski definition) is 3. The molecule has 2 N–H and O–H groups in total. The van der Waals surface area contributed by atoms with E-state index in [-0.39, 0.29) is 0 Å². The Kier molecular flexibility index (Phi) is 3.43. The van der Waals surface area contributed by atoms with Crippen LogP contribution in [0.25, 0.3) is 0 Å². The van der Waals surface area contributed by atoms with Gasteiger partial charge >= 0.3 is 5.97 Å². The summed E-state index contributed by atoms with van der Waals surface area (Å²) in [5.74, 6) is -0.493. The Hall–Kier alpha value is -1.09. The van der Waals surface area contributed by atoms with Gasteiger partial charge in [-0.15, -0.1) is 0 Å². The predicted octanol–water partition coefficient (Wildman–Crippen LogP) is 0.577. The van der Waals surface area contributed by atoms with Gasteiger partial charge in [0.2, 0.25) is 0 Å². The zero-order valence-corrected chi connectivity index (χ0v) is 5.96. The quantitative estimate of drug-likeness (QED) is 0.270. The maximum atomic E-state index is 10.7. The molecular weight excluding hydrogens is 130 g/mol. The lowest BCUT2D eigenvalue weighted by molar-refractivity contribution is -0.141. The molecule has 0 bridgehead atoms. The topological polar surface area (TPSA) is 52.3 Å². The second kappa shape index (κ2) is 3.85. The molecule has 0 aromatic carbocycles. The highest BCUT2D eigenvalue weighted by atomic mass is 16.6. The monoisotopic (exact) mass is 141 g/mol. The van der Waals surface area contributed by atoms with E-state index in [1.54, 1.807) is 6.92 Å². The SMILES string of the molecule is C=CC(N)OC(=O)C(=C)C. The summed E-state index contributed by atoms with van der Waals surface area (Å²) in [7, 11) is 0. The van der Waals surface area contributed by atoms with Crippen molar-refractivity contribution in [1.29, 1.82) is 0 Å². The summed E-state index contributed by atoms with van der Waals surface area (Å²) >= 11 is 0. The molecule has 0 aromatic rings. The number of esters is 1. The number of nitrogens with two attached hydrogens (primary N) is 1. The average molecular weight is 141 g/mol. The van der Waals surface area contributed by atoms with Crippen LogP contribution < -0.4 is 5.73 Å². The van der Waals surface area contributed by atoms with Crippen molar-refractivity contribution in [2.24, 2.45) is 5.73 Å². The Bertz CT molecular complexity index is 163. The first-order chi connectivity index (χ1) is 4.57. The summed E-state index contributed by atoms with van der Waals surface area (Å²) in [6.07, 6.45) is 0.602. The van der Waals surface area contributed by atoms with Gasteiger partial charge in [-0.25, -0.2) is 4.79 Å². The Morgan fingerprint density at radius 2 is 2.30 bits per heavy atom. The molecule has 0 aliphatic carbocycles. The van der Waals surface area contributed by atoms with Crippen molar-refractivity contribution in [3.8, 4) is 0 Å². The third-order valence-electron chi connectivity index (χ3n) is 0.824. The van der Waals surface area contributed by atoms with E-state index < -0.39 is 12.2 Å². The van der Waals surface area contributed by atoms with Crippen LogP contribution in [0.4, 0.5) is 0 Å². The van der Waals surface area contributed by atoms with Gasteiger partial charge in [0.15, 0.2) is 6.23 Å². The first-order valence-corrected chi connectivity index (χ1v) is 2.82. The predicted molar refractivity (Wildman–Crippen MR) is 39.1 cm³/mol. The van der Waals surface area contributed by atoms with Gasteiger partial charge in [-0.1, -0.05) is 13.2 Å². The molecular formula is C7H11NO2. The van der Waals surface area contributed by atoms with Crippen LogP contribution in [-0.2, 0) is 9.53 Å².